The molecule has 0 radical (unpaired) electrons. The average Bonchev–Trinajstić information content (AvgIpc) is 3.11. The summed E-state index contributed by atoms with van der Waals surface area (Å²) in [7, 11) is 0. The maximum absolute atomic E-state index is 12.8. The SMILES string of the molecule is O=C(CCCNC(=O)c1ccc(F)cc1)NCC(O)c1ccco1. The van der Waals surface area contributed by atoms with Crippen molar-refractivity contribution < 1.29 is 23.5 Å². The summed E-state index contributed by atoms with van der Waals surface area (Å²) in [5.74, 6) is -0.554. The Morgan fingerprint density at radius 2 is 1.92 bits per heavy atom. The fourth-order valence-corrected chi connectivity index (χ4v) is 2.03. The molecule has 0 saturated carbocycles. The molecule has 0 fully saturated rings. The lowest BCUT2D eigenvalue weighted by Crippen LogP contribution is -2.30. The van der Waals surface area contributed by atoms with Gasteiger partial charge >= 0.3 is 0 Å². The summed E-state index contributed by atoms with van der Waals surface area (Å²) in [6.07, 6.45) is 1.23. The number of aliphatic hydroxyl groups is 1. The Bertz CT molecular complexity index is 656. The summed E-state index contributed by atoms with van der Waals surface area (Å²) < 4.78 is 17.8. The lowest BCUT2D eigenvalue weighted by atomic mass is 10.2. The number of hydrogen-bond acceptors (Lipinski definition) is 4. The van der Waals surface area contributed by atoms with Crippen LogP contribution < -0.4 is 10.6 Å². The van der Waals surface area contributed by atoms with Crippen molar-refractivity contribution in [2.75, 3.05) is 13.1 Å². The van der Waals surface area contributed by atoms with E-state index in [0.29, 0.717) is 24.3 Å². The summed E-state index contributed by atoms with van der Waals surface area (Å²) >= 11 is 0. The Kier molecular flexibility index (Phi) is 6.51. The van der Waals surface area contributed by atoms with Crippen LogP contribution in [0.1, 0.15) is 35.1 Å². The number of carbonyl (C=O) groups excluding carboxylic acids is 2. The maximum atomic E-state index is 12.8. The number of hydrogen-bond donors (Lipinski definition) is 3. The third kappa shape index (κ3) is 5.51. The van der Waals surface area contributed by atoms with Gasteiger partial charge in [-0.05, 0) is 42.8 Å². The van der Waals surface area contributed by atoms with Crippen molar-refractivity contribution in [1.29, 1.82) is 0 Å². The molecular formula is C17H19FN2O4. The van der Waals surface area contributed by atoms with E-state index in [1.54, 1.807) is 12.1 Å². The van der Waals surface area contributed by atoms with E-state index < -0.39 is 11.9 Å². The van der Waals surface area contributed by atoms with Crippen molar-refractivity contribution in [3.63, 3.8) is 0 Å². The predicted molar refractivity (Wildman–Crippen MR) is 84.6 cm³/mol. The minimum Gasteiger partial charge on any atom is -0.467 e. The molecule has 0 aliphatic carbocycles. The smallest absolute Gasteiger partial charge is 0.251 e. The van der Waals surface area contributed by atoms with Crippen molar-refractivity contribution in [2.24, 2.45) is 0 Å². The fourth-order valence-electron chi connectivity index (χ4n) is 2.03. The summed E-state index contributed by atoms with van der Waals surface area (Å²) in [4.78, 5) is 23.4. The van der Waals surface area contributed by atoms with Crippen molar-refractivity contribution in [3.8, 4) is 0 Å². The molecule has 2 amide bonds. The number of rotatable bonds is 8. The van der Waals surface area contributed by atoms with Gasteiger partial charge in [-0.3, -0.25) is 9.59 Å². The van der Waals surface area contributed by atoms with Crippen LogP contribution in [0.15, 0.2) is 47.1 Å². The molecule has 0 bridgehead atoms. The largest absolute Gasteiger partial charge is 0.467 e. The van der Waals surface area contributed by atoms with Crippen molar-refractivity contribution in [2.45, 2.75) is 18.9 Å². The second kappa shape index (κ2) is 8.83. The summed E-state index contributed by atoms with van der Waals surface area (Å²) in [6.45, 7) is 0.388. The molecule has 1 atom stereocenters. The molecule has 0 aliphatic heterocycles. The summed E-state index contributed by atoms with van der Waals surface area (Å²) in [6, 6.07) is 8.51. The third-order valence-corrected chi connectivity index (χ3v) is 3.34. The molecule has 24 heavy (non-hydrogen) atoms. The Balaban J connectivity index is 1.60. The molecule has 128 valence electrons. The van der Waals surface area contributed by atoms with E-state index in [0.717, 1.165) is 0 Å². The van der Waals surface area contributed by atoms with E-state index in [1.807, 2.05) is 0 Å². The minimum absolute atomic E-state index is 0.0638. The number of nitrogens with one attached hydrogen (secondary N) is 2. The number of furan rings is 1. The Hall–Kier alpha value is -2.67. The van der Waals surface area contributed by atoms with Crippen LogP contribution in [0.25, 0.3) is 0 Å². The van der Waals surface area contributed by atoms with Crippen LogP contribution >= 0.6 is 0 Å². The van der Waals surface area contributed by atoms with Crippen molar-refractivity contribution >= 4 is 11.8 Å². The second-order valence-electron chi connectivity index (χ2n) is 5.20. The number of benzene rings is 1. The summed E-state index contributed by atoms with van der Waals surface area (Å²) in [5, 5.41) is 15.0. The Morgan fingerprint density at radius 3 is 2.58 bits per heavy atom. The van der Waals surface area contributed by atoms with Crippen LogP contribution in [0.2, 0.25) is 0 Å². The van der Waals surface area contributed by atoms with E-state index in [-0.39, 0.29) is 24.8 Å². The molecule has 1 unspecified atom stereocenters. The lowest BCUT2D eigenvalue weighted by molar-refractivity contribution is -0.121. The standard InChI is InChI=1S/C17H19FN2O4/c18-13-7-5-12(6-8-13)17(23)19-9-1-4-16(22)20-11-14(21)15-3-2-10-24-15/h2-3,5-8,10,14,21H,1,4,9,11H2,(H,19,23)(H,20,22). The normalized spacial score (nSPS) is 11.8. The van der Waals surface area contributed by atoms with E-state index in [2.05, 4.69) is 10.6 Å². The molecule has 3 N–H and O–H groups in total. The highest BCUT2D eigenvalue weighted by atomic mass is 19.1. The van der Waals surface area contributed by atoms with Gasteiger partial charge in [-0.25, -0.2) is 4.39 Å². The molecule has 6 nitrogen and oxygen atoms in total. The molecule has 2 aromatic rings. The molecule has 0 saturated heterocycles. The first-order valence-corrected chi connectivity index (χ1v) is 7.58. The van der Waals surface area contributed by atoms with E-state index in [4.69, 9.17) is 4.42 Å². The maximum Gasteiger partial charge on any atom is 0.251 e. The van der Waals surface area contributed by atoms with Crippen LogP contribution in [-0.4, -0.2) is 30.0 Å². The number of carbonyl (C=O) groups is 2. The number of amides is 2. The first kappa shape index (κ1) is 17.7. The van der Waals surface area contributed by atoms with Gasteiger partial charge in [0.2, 0.25) is 5.91 Å². The quantitative estimate of drug-likeness (QED) is 0.642. The first-order chi connectivity index (χ1) is 11.6. The molecule has 0 spiro atoms. The van der Waals surface area contributed by atoms with Gasteiger partial charge in [0.1, 0.15) is 17.7 Å². The molecule has 1 aromatic heterocycles. The zero-order chi connectivity index (χ0) is 17.4. The van der Waals surface area contributed by atoms with E-state index in [9.17, 15) is 19.1 Å². The van der Waals surface area contributed by atoms with Crippen LogP contribution in [0, 0.1) is 5.82 Å². The van der Waals surface area contributed by atoms with Gasteiger partial charge in [0, 0.05) is 18.5 Å². The van der Waals surface area contributed by atoms with Crippen molar-refractivity contribution in [1.82, 2.24) is 10.6 Å². The monoisotopic (exact) mass is 334 g/mol. The highest BCUT2D eigenvalue weighted by molar-refractivity contribution is 5.94. The highest BCUT2D eigenvalue weighted by Crippen LogP contribution is 2.11. The third-order valence-electron chi connectivity index (χ3n) is 3.34. The highest BCUT2D eigenvalue weighted by Gasteiger charge is 2.12. The zero-order valence-electron chi connectivity index (χ0n) is 13.0. The van der Waals surface area contributed by atoms with Gasteiger partial charge in [0.25, 0.3) is 5.91 Å². The molecule has 2 rings (SSSR count). The Morgan fingerprint density at radius 1 is 1.17 bits per heavy atom. The Labute approximate surface area is 138 Å². The molecule has 7 heteroatoms. The molecule has 0 aliphatic rings. The minimum atomic E-state index is -0.887. The van der Waals surface area contributed by atoms with Gasteiger partial charge in [-0.1, -0.05) is 0 Å². The number of aliphatic hydroxyl groups excluding tert-OH is 1. The van der Waals surface area contributed by atoms with Gasteiger partial charge in [-0.15, -0.1) is 0 Å². The van der Waals surface area contributed by atoms with Crippen LogP contribution in [-0.2, 0) is 4.79 Å². The average molecular weight is 334 g/mol. The zero-order valence-corrected chi connectivity index (χ0v) is 13.0. The van der Waals surface area contributed by atoms with Crippen molar-refractivity contribution in [3.05, 3.63) is 59.8 Å². The molecule has 1 aromatic carbocycles. The summed E-state index contributed by atoms with van der Waals surface area (Å²) in [5.41, 5.74) is 0.363. The van der Waals surface area contributed by atoms with Gasteiger partial charge in [-0.2, -0.15) is 0 Å². The van der Waals surface area contributed by atoms with E-state index in [1.165, 1.54) is 30.5 Å². The van der Waals surface area contributed by atoms with Gasteiger partial charge in [0.05, 0.1) is 12.8 Å². The van der Waals surface area contributed by atoms with Gasteiger partial charge in [0.15, 0.2) is 0 Å². The fraction of sp³-hybridized carbons (Fsp3) is 0.294. The number of halogens is 1. The topological polar surface area (TPSA) is 91.6 Å². The first-order valence-electron chi connectivity index (χ1n) is 7.58. The predicted octanol–water partition coefficient (Wildman–Crippen LogP) is 1.78. The molecule has 1 heterocycles. The lowest BCUT2D eigenvalue weighted by Gasteiger charge is -2.10. The van der Waals surface area contributed by atoms with Gasteiger partial charge < -0.3 is 20.2 Å². The van der Waals surface area contributed by atoms with Crippen LogP contribution in [0.4, 0.5) is 4.39 Å². The van der Waals surface area contributed by atoms with E-state index >= 15 is 0 Å². The van der Waals surface area contributed by atoms with Crippen LogP contribution in [0.5, 0.6) is 0 Å². The molecular weight excluding hydrogens is 315 g/mol. The van der Waals surface area contributed by atoms with Crippen LogP contribution in [0.3, 0.4) is 0 Å². The second-order valence-corrected chi connectivity index (χ2v) is 5.20.